The molecule has 11 heavy (non-hydrogen) atoms. The van der Waals surface area contributed by atoms with Crippen molar-refractivity contribution in [3.05, 3.63) is 0 Å². The van der Waals surface area contributed by atoms with Gasteiger partial charge in [-0.3, -0.25) is 0 Å². The number of alkyl halides is 1. The lowest BCUT2D eigenvalue weighted by atomic mass is 10.1. The smallest absolute Gasteiger partial charge is 0.0336 e. The van der Waals surface area contributed by atoms with Crippen LogP contribution in [0.4, 0.5) is 0 Å². The lowest BCUT2D eigenvalue weighted by molar-refractivity contribution is 0.534. The van der Waals surface area contributed by atoms with E-state index in [0.717, 1.165) is 6.42 Å². The van der Waals surface area contributed by atoms with Crippen molar-refractivity contribution in [3.63, 3.8) is 0 Å². The summed E-state index contributed by atoms with van der Waals surface area (Å²) in [5, 5.41) is 0.417. The molecule has 0 spiro atoms. The Morgan fingerprint density at radius 3 is 2.27 bits per heavy atom. The van der Waals surface area contributed by atoms with Crippen LogP contribution >= 0.6 is 11.6 Å². The van der Waals surface area contributed by atoms with Gasteiger partial charge < -0.3 is 5.73 Å². The zero-order valence-corrected chi connectivity index (χ0v) is 7.82. The van der Waals surface area contributed by atoms with E-state index in [2.05, 4.69) is 0 Å². The lowest BCUT2D eigenvalue weighted by Gasteiger charge is -2.08. The molecule has 2 heteroatoms. The van der Waals surface area contributed by atoms with Gasteiger partial charge in [-0.25, -0.2) is 0 Å². The van der Waals surface area contributed by atoms with Crippen molar-refractivity contribution in [3.8, 4) is 0 Å². The summed E-state index contributed by atoms with van der Waals surface area (Å²) in [6.45, 7) is 0. The Balaban J connectivity index is 2.24. The first kappa shape index (κ1) is 9.34. The van der Waals surface area contributed by atoms with Crippen molar-refractivity contribution >= 4 is 11.6 Å². The molecule has 0 bridgehead atoms. The highest BCUT2D eigenvalue weighted by Gasteiger charge is 2.10. The summed E-state index contributed by atoms with van der Waals surface area (Å²) < 4.78 is 0. The molecule has 1 fully saturated rings. The average molecular weight is 176 g/mol. The Labute approximate surface area is 74.3 Å². The van der Waals surface area contributed by atoms with Gasteiger partial charge in [-0.15, -0.1) is 11.6 Å². The van der Waals surface area contributed by atoms with Crippen LogP contribution in [-0.4, -0.2) is 11.4 Å². The molecule has 2 unspecified atom stereocenters. The fraction of sp³-hybridized carbons (Fsp3) is 1.00. The quantitative estimate of drug-likeness (QED) is 0.563. The molecule has 1 nitrogen and oxygen atoms in total. The Morgan fingerprint density at radius 1 is 0.909 bits per heavy atom. The number of nitrogens with two attached hydrogens (primary N) is 1. The summed E-state index contributed by atoms with van der Waals surface area (Å²) in [7, 11) is 0. The molecule has 0 amide bonds. The normalized spacial score (nSPS) is 35.5. The van der Waals surface area contributed by atoms with Gasteiger partial charge in [-0.2, -0.15) is 0 Å². The first-order valence-electron chi connectivity index (χ1n) is 4.68. The minimum Gasteiger partial charge on any atom is -0.328 e. The van der Waals surface area contributed by atoms with E-state index in [1.54, 1.807) is 0 Å². The van der Waals surface area contributed by atoms with Crippen LogP contribution in [0.1, 0.15) is 44.9 Å². The van der Waals surface area contributed by atoms with Crippen LogP contribution in [0.3, 0.4) is 0 Å². The van der Waals surface area contributed by atoms with E-state index in [1.165, 1.54) is 38.5 Å². The summed E-state index contributed by atoms with van der Waals surface area (Å²) >= 11 is 6.07. The van der Waals surface area contributed by atoms with Gasteiger partial charge in [-0.05, 0) is 25.7 Å². The van der Waals surface area contributed by atoms with E-state index in [9.17, 15) is 0 Å². The van der Waals surface area contributed by atoms with Crippen molar-refractivity contribution in [2.45, 2.75) is 56.4 Å². The maximum Gasteiger partial charge on any atom is 0.0336 e. The second-order valence-corrected chi connectivity index (χ2v) is 4.19. The van der Waals surface area contributed by atoms with Crippen molar-refractivity contribution < 1.29 is 0 Å². The summed E-state index contributed by atoms with van der Waals surface area (Å²) in [6.07, 6.45) is 8.47. The lowest BCUT2D eigenvalue weighted by Crippen LogP contribution is -2.18. The molecular formula is C9H18ClN. The monoisotopic (exact) mass is 175 g/mol. The van der Waals surface area contributed by atoms with Gasteiger partial charge >= 0.3 is 0 Å². The van der Waals surface area contributed by atoms with Crippen molar-refractivity contribution in [1.29, 1.82) is 0 Å². The van der Waals surface area contributed by atoms with Gasteiger partial charge in [0.25, 0.3) is 0 Å². The van der Waals surface area contributed by atoms with Crippen LogP contribution in [0.2, 0.25) is 0 Å². The minimum absolute atomic E-state index is 0.417. The summed E-state index contributed by atoms with van der Waals surface area (Å²) in [4.78, 5) is 0. The van der Waals surface area contributed by atoms with E-state index in [0.29, 0.717) is 11.4 Å². The maximum absolute atomic E-state index is 6.07. The summed E-state index contributed by atoms with van der Waals surface area (Å²) in [5.41, 5.74) is 5.88. The standard InChI is InChI=1S/C9H18ClN/c10-8-4-1-2-6-9(11)7-3-5-8/h8-9H,1-7,11H2. The number of halogens is 1. The molecule has 1 aliphatic carbocycles. The molecular weight excluding hydrogens is 158 g/mol. The third-order valence-corrected chi connectivity index (χ3v) is 2.87. The van der Waals surface area contributed by atoms with Gasteiger partial charge in [0.2, 0.25) is 0 Å². The third-order valence-electron chi connectivity index (χ3n) is 2.43. The molecule has 0 aliphatic heterocycles. The van der Waals surface area contributed by atoms with Crippen LogP contribution in [0.5, 0.6) is 0 Å². The fourth-order valence-corrected chi connectivity index (χ4v) is 1.97. The second-order valence-electron chi connectivity index (χ2n) is 3.57. The molecule has 2 atom stereocenters. The molecule has 1 aliphatic rings. The van der Waals surface area contributed by atoms with Crippen LogP contribution in [-0.2, 0) is 0 Å². The molecule has 0 aromatic heterocycles. The topological polar surface area (TPSA) is 26.0 Å². The van der Waals surface area contributed by atoms with E-state index >= 15 is 0 Å². The van der Waals surface area contributed by atoms with Crippen LogP contribution < -0.4 is 5.73 Å². The van der Waals surface area contributed by atoms with Gasteiger partial charge in [0.15, 0.2) is 0 Å². The van der Waals surface area contributed by atoms with E-state index in [1.807, 2.05) is 0 Å². The summed E-state index contributed by atoms with van der Waals surface area (Å²) in [6, 6.07) is 0.442. The highest BCUT2D eigenvalue weighted by Crippen LogP contribution is 2.19. The Kier molecular flexibility index (Phi) is 4.24. The number of rotatable bonds is 0. The number of hydrogen-bond donors (Lipinski definition) is 1. The molecule has 0 aromatic carbocycles. The van der Waals surface area contributed by atoms with Gasteiger partial charge in [0, 0.05) is 11.4 Å². The molecule has 0 heterocycles. The van der Waals surface area contributed by atoms with E-state index in [-0.39, 0.29) is 0 Å². The van der Waals surface area contributed by atoms with Crippen LogP contribution in [0.15, 0.2) is 0 Å². The highest BCUT2D eigenvalue weighted by atomic mass is 35.5. The van der Waals surface area contributed by atoms with Gasteiger partial charge in [-0.1, -0.05) is 19.3 Å². The molecule has 2 N–H and O–H groups in total. The zero-order chi connectivity index (χ0) is 8.10. The first-order valence-corrected chi connectivity index (χ1v) is 5.12. The van der Waals surface area contributed by atoms with Gasteiger partial charge in [0.05, 0.1) is 0 Å². The molecule has 1 saturated carbocycles. The van der Waals surface area contributed by atoms with Crippen molar-refractivity contribution in [2.24, 2.45) is 5.73 Å². The zero-order valence-electron chi connectivity index (χ0n) is 7.06. The number of hydrogen-bond acceptors (Lipinski definition) is 1. The van der Waals surface area contributed by atoms with Crippen LogP contribution in [0.25, 0.3) is 0 Å². The second kappa shape index (κ2) is 5.00. The molecule has 0 saturated heterocycles. The van der Waals surface area contributed by atoms with Crippen LogP contribution in [0, 0.1) is 0 Å². The first-order chi connectivity index (χ1) is 5.29. The molecule has 66 valence electrons. The maximum atomic E-state index is 6.07. The molecule has 0 radical (unpaired) electrons. The molecule has 0 aromatic rings. The third kappa shape index (κ3) is 3.97. The SMILES string of the molecule is NC1CCCCC(Cl)CCC1. The Bertz CT molecular complexity index is 93.7. The predicted octanol–water partition coefficient (Wildman–Crippen LogP) is 2.67. The Morgan fingerprint density at radius 2 is 1.45 bits per heavy atom. The fourth-order valence-electron chi connectivity index (χ4n) is 1.66. The average Bonchev–Trinajstić information content (AvgIpc) is 2.04. The largest absolute Gasteiger partial charge is 0.328 e. The molecule has 1 rings (SSSR count). The predicted molar refractivity (Wildman–Crippen MR) is 49.9 cm³/mol. The van der Waals surface area contributed by atoms with E-state index in [4.69, 9.17) is 17.3 Å². The Hall–Kier alpha value is 0.250. The minimum atomic E-state index is 0.417. The van der Waals surface area contributed by atoms with Crippen molar-refractivity contribution in [2.75, 3.05) is 0 Å². The highest BCUT2D eigenvalue weighted by molar-refractivity contribution is 6.20. The van der Waals surface area contributed by atoms with Crippen molar-refractivity contribution in [1.82, 2.24) is 0 Å². The van der Waals surface area contributed by atoms with Gasteiger partial charge in [0.1, 0.15) is 0 Å². The summed E-state index contributed by atoms with van der Waals surface area (Å²) in [5.74, 6) is 0. The van der Waals surface area contributed by atoms with E-state index < -0.39 is 0 Å².